The second kappa shape index (κ2) is 7.37. The highest BCUT2D eigenvalue weighted by Crippen LogP contribution is 2.26. The molecule has 0 aliphatic carbocycles. The van der Waals surface area contributed by atoms with Gasteiger partial charge in [0.15, 0.2) is 0 Å². The van der Waals surface area contributed by atoms with Gasteiger partial charge >= 0.3 is 0 Å². The SMILES string of the molecule is Cc1ccc2nc(N3CCCC(N)CC3)c(C(=O)NC(C)N)cc2c1. The van der Waals surface area contributed by atoms with Crippen LogP contribution in [0.5, 0.6) is 0 Å². The van der Waals surface area contributed by atoms with Gasteiger partial charge in [0, 0.05) is 24.5 Å². The molecule has 1 amide bonds. The van der Waals surface area contributed by atoms with Gasteiger partial charge in [0.25, 0.3) is 5.91 Å². The fourth-order valence-electron chi connectivity index (χ4n) is 3.31. The lowest BCUT2D eigenvalue weighted by molar-refractivity contribution is 0.0941. The summed E-state index contributed by atoms with van der Waals surface area (Å²) in [5, 5.41) is 3.75. The van der Waals surface area contributed by atoms with Gasteiger partial charge < -0.3 is 21.7 Å². The van der Waals surface area contributed by atoms with Crippen LogP contribution in [0.15, 0.2) is 24.3 Å². The Morgan fingerprint density at radius 1 is 1.32 bits per heavy atom. The zero-order chi connectivity index (χ0) is 18.0. The number of anilines is 1. The molecule has 6 heteroatoms. The number of nitrogens with zero attached hydrogens (tertiary/aromatic N) is 2. The van der Waals surface area contributed by atoms with Gasteiger partial charge in [0.05, 0.1) is 17.2 Å². The summed E-state index contributed by atoms with van der Waals surface area (Å²) in [6.07, 6.45) is 2.50. The van der Waals surface area contributed by atoms with Crippen LogP contribution in [-0.4, -0.2) is 36.2 Å². The van der Waals surface area contributed by atoms with E-state index in [9.17, 15) is 4.79 Å². The van der Waals surface area contributed by atoms with E-state index in [1.54, 1.807) is 6.92 Å². The molecule has 2 heterocycles. The standard InChI is InChI=1S/C19H27N5O/c1-12-5-6-17-14(10-12)11-16(19(25)22-13(2)20)18(23-17)24-8-3-4-15(21)7-9-24/h5-6,10-11,13,15H,3-4,7-9,20-21H2,1-2H3,(H,22,25). The number of hydrogen-bond donors (Lipinski definition) is 3. The van der Waals surface area contributed by atoms with Crippen molar-refractivity contribution in [1.82, 2.24) is 10.3 Å². The molecule has 0 saturated carbocycles. The van der Waals surface area contributed by atoms with Crippen molar-refractivity contribution < 1.29 is 4.79 Å². The molecule has 25 heavy (non-hydrogen) atoms. The quantitative estimate of drug-likeness (QED) is 0.741. The maximum absolute atomic E-state index is 12.7. The third-order valence-corrected chi connectivity index (χ3v) is 4.63. The Morgan fingerprint density at radius 3 is 2.88 bits per heavy atom. The Morgan fingerprint density at radius 2 is 2.12 bits per heavy atom. The average Bonchev–Trinajstić information content (AvgIpc) is 2.77. The molecule has 3 rings (SSSR count). The minimum absolute atomic E-state index is 0.186. The number of amides is 1. The van der Waals surface area contributed by atoms with Crippen LogP contribution in [0.4, 0.5) is 5.82 Å². The van der Waals surface area contributed by atoms with Gasteiger partial charge in [-0.1, -0.05) is 11.6 Å². The van der Waals surface area contributed by atoms with E-state index in [1.807, 2.05) is 31.2 Å². The molecular weight excluding hydrogens is 314 g/mol. The Hall–Kier alpha value is -2.18. The van der Waals surface area contributed by atoms with Gasteiger partial charge in [0.2, 0.25) is 0 Å². The van der Waals surface area contributed by atoms with Crippen LogP contribution in [0.1, 0.15) is 42.1 Å². The number of fused-ring (bicyclic) bond motifs is 1. The predicted octanol–water partition coefficient (Wildman–Crippen LogP) is 1.90. The number of hydrogen-bond acceptors (Lipinski definition) is 5. The van der Waals surface area contributed by atoms with Gasteiger partial charge in [0.1, 0.15) is 5.82 Å². The largest absolute Gasteiger partial charge is 0.356 e. The summed E-state index contributed by atoms with van der Waals surface area (Å²) in [4.78, 5) is 19.7. The molecule has 0 radical (unpaired) electrons. The first-order valence-corrected chi connectivity index (χ1v) is 8.92. The Kier molecular flexibility index (Phi) is 5.20. The molecule has 1 saturated heterocycles. The molecule has 1 aromatic carbocycles. The lowest BCUT2D eigenvalue weighted by Gasteiger charge is -2.25. The third-order valence-electron chi connectivity index (χ3n) is 4.63. The fourth-order valence-corrected chi connectivity index (χ4v) is 3.31. The van der Waals surface area contributed by atoms with Crippen molar-refractivity contribution in [2.24, 2.45) is 11.5 Å². The summed E-state index contributed by atoms with van der Waals surface area (Å²) in [6, 6.07) is 8.24. The number of aryl methyl sites for hydroxylation is 1. The number of pyridine rings is 1. The number of aromatic nitrogens is 1. The molecule has 1 aromatic heterocycles. The minimum atomic E-state index is -0.411. The zero-order valence-electron chi connectivity index (χ0n) is 15.0. The number of nitrogens with two attached hydrogens (primary N) is 2. The number of carbonyl (C=O) groups excluding carboxylic acids is 1. The van der Waals surface area contributed by atoms with Gasteiger partial charge in [-0.25, -0.2) is 4.98 Å². The summed E-state index contributed by atoms with van der Waals surface area (Å²) in [5.74, 6) is 0.540. The van der Waals surface area contributed by atoms with Crippen molar-refractivity contribution in [3.8, 4) is 0 Å². The summed E-state index contributed by atoms with van der Waals surface area (Å²) < 4.78 is 0. The van der Waals surface area contributed by atoms with E-state index in [0.29, 0.717) is 5.56 Å². The van der Waals surface area contributed by atoms with E-state index in [1.165, 1.54) is 0 Å². The highest BCUT2D eigenvalue weighted by Gasteiger charge is 2.22. The third kappa shape index (κ3) is 4.08. The zero-order valence-corrected chi connectivity index (χ0v) is 15.0. The maximum atomic E-state index is 12.7. The number of nitrogens with one attached hydrogen (secondary N) is 1. The first-order valence-electron chi connectivity index (χ1n) is 8.92. The molecule has 1 fully saturated rings. The minimum Gasteiger partial charge on any atom is -0.356 e. The highest BCUT2D eigenvalue weighted by atomic mass is 16.1. The maximum Gasteiger partial charge on any atom is 0.256 e. The lowest BCUT2D eigenvalue weighted by atomic mass is 10.1. The van der Waals surface area contributed by atoms with Crippen LogP contribution < -0.4 is 21.7 Å². The summed E-state index contributed by atoms with van der Waals surface area (Å²) in [5.41, 5.74) is 14.5. The molecule has 2 unspecified atom stereocenters. The number of benzene rings is 1. The number of rotatable bonds is 3. The lowest BCUT2D eigenvalue weighted by Crippen LogP contribution is -2.40. The molecule has 1 aliphatic heterocycles. The van der Waals surface area contributed by atoms with Crippen LogP contribution in [0, 0.1) is 6.92 Å². The highest BCUT2D eigenvalue weighted by molar-refractivity contribution is 6.02. The Bertz CT molecular complexity index is 774. The van der Waals surface area contributed by atoms with Crippen molar-refractivity contribution >= 4 is 22.6 Å². The molecule has 5 N–H and O–H groups in total. The summed E-state index contributed by atoms with van der Waals surface area (Å²) in [6.45, 7) is 5.45. The molecule has 0 bridgehead atoms. The van der Waals surface area contributed by atoms with Crippen LogP contribution in [-0.2, 0) is 0 Å². The van der Waals surface area contributed by atoms with Crippen molar-refractivity contribution in [3.05, 3.63) is 35.4 Å². The topological polar surface area (TPSA) is 97.3 Å². The molecule has 0 spiro atoms. The first kappa shape index (κ1) is 17.6. The summed E-state index contributed by atoms with van der Waals surface area (Å²) >= 11 is 0. The normalized spacial score (nSPS) is 19.5. The van der Waals surface area contributed by atoms with Crippen LogP contribution in [0.25, 0.3) is 10.9 Å². The molecular formula is C19H27N5O. The summed E-state index contributed by atoms with van der Waals surface area (Å²) in [7, 11) is 0. The van der Waals surface area contributed by atoms with E-state index in [2.05, 4.69) is 10.2 Å². The Labute approximate surface area is 148 Å². The molecule has 6 nitrogen and oxygen atoms in total. The van der Waals surface area contributed by atoms with Gasteiger partial charge in [-0.3, -0.25) is 4.79 Å². The molecule has 1 aliphatic rings. The fraction of sp³-hybridized carbons (Fsp3) is 0.474. The van der Waals surface area contributed by atoms with Crippen molar-refractivity contribution in [1.29, 1.82) is 0 Å². The van der Waals surface area contributed by atoms with Crippen molar-refractivity contribution in [2.75, 3.05) is 18.0 Å². The monoisotopic (exact) mass is 341 g/mol. The smallest absolute Gasteiger partial charge is 0.256 e. The van der Waals surface area contributed by atoms with Crippen molar-refractivity contribution in [3.63, 3.8) is 0 Å². The van der Waals surface area contributed by atoms with E-state index in [4.69, 9.17) is 16.5 Å². The van der Waals surface area contributed by atoms with Gasteiger partial charge in [-0.2, -0.15) is 0 Å². The first-order chi connectivity index (χ1) is 11.9. The molecule has 2 aromatic rings. The van der Waals surface area contributed by atoms with E-state index in [-0.39, 0.29) is 11.9 Å². The average molecular weight is 341 g/mol. The van der Waals surface area contributed by atoms with Crippen LogP contribution in [0.3, 0.4) is 0 Å². The second-order valence-electron chi connectivity index (χ2n) is 7.00. The molecule has 2 atom stereocenters. The Balaban J connectivity index is 2.06. The van der Waals surface area contributed by atoms with E-state index < -0.39 is 6.17 Å². The second-order valence-corrected chi connectivity index (χ2v) is 7.00. The van der Waals surface area contributed by atoms with Gasteiger partial charge in [-0.15, -0.1) is 0 Å². The van der Waals surface area contributed by atoms with Crippen molar-refractivity contribution in [2.45, 2.75) is 45.3 Å². The predicted molar refractivity (Wildman–Crippen MR) is 102 cm³/mol. The molecule has 134 valence electrons. The van der Waals surface area contributed by atoms with E-state index >= 15 is 0 Å². The van der Waals surface area contributed by atoms with Crippen LogP contribution in [0.2, 0.25) is 0 Å². The van der Waals surface area contributed by atoms with Gasteiger partial charge in [-0.05, 0) is 51.3 Å². The van der Waals surface area contributed by atoms with E-state index in [0.717, 1.165) is 54.6 Å². The number of carbonyl (C=O) groups is 1. The van der Waals surface area contributed by atoms with Crippen LogP contribution >= 0.6 is 0 Å².